The summed E-state index contributed by atoms with van der Waals surface area (Å²) in [5, 5.41) is 4.82. The van der Waals surface area contributed by atoms with Crippen molar-refractivity contribution in [1.29, 1.82) is 0 Å². The number of rotatable bonds is 1. The number of aryl methyl sites for hydroxylation is 1. The molecule has 1 fully saturated rings. The monoisotopic (exact) mass is 504 g/mol. The average Bonchev–Trinajstić information content (AvgIpc) is 3.37. The maximum absolute atomic E-state index is 13.9. The fraction of sp³-hybridized carbons (Fsp3) is 0.429. The zero-order chi connectivity index (χ0) is 27.1. The minimum atomic E-state index is -0.881. The second-order valence-electron chi connectivity index (χ2n) is 11.9. The molecule has 0 bridgehead atoms. The Kier molecular flexibility index (Phi) is 5.23. The Balaban J connectivity index is 1.56. The third kappa shape index (κ3) is 4.02. The van der Waals surface area contributed by atoms with Gasteiger partial charge < -0.3 is 15.2 Å². The molecule has 0 radical (unpaired) electrons. The van der Waals surface area contributed by atoms with Crippen LogP contribution in [0.25, 0.3) is 10.9 Å². The minimum Gasteiger partial charge on any atom is -0.443 e. The smallest absolute Gasteiger partial charge is 0.435 e. The van der Waals surface area contributed by atoms with E-state index >= 15 is 0 Å². The van der Waals surface area contributed by atoms with Crippen molar-refractivity contribution in [2.75, 3.05) is 10.6 Å². The molecule has 3 aromatic rings. The summed E-state index contributed by atoms with van der Waals surface area (Å²) >= 11 is 0. The van der Waals surface area contributed by atoms with Gasteiger partial charge in [-0.1, -0.05) is 23.8 Å². The van der Waals surface area contributed by atoms with Crippen LogP contribution in [0, 0.1) is 6.92 Å². The van der Waals surface area contributed by atoms with E-state index in [4.69, 9.17) is 15.2 Å². The van der Waals surface area contributed by atoms with Gasteiger partial charge in [0.05, 0.1) is 16.6 Å². The number of fused-ring (bicyclic) bond motifs is 3. The molecule has 2 atom stereocenters. The summed E-state index contributed by atoms with van der Waals surface area (Å²) in [6.07, 6.45) is -0.786. The maximum atomic E-state index is 13.9. The number of anilines is 2. The molecular formula is C28H32N4O5. The molecule has 1 saturated carbocycles. The molecular weight excluding hydrogens is 472 g/mol. The third-order valence-electron chi connectivity index (χ3n) is 6.70. The second-order valence-corrected chi connectivity index (χ2v) is 11.9. The van der Waals surface area contributed by atoms with Crippen LogP contribution in [0.1, 0.15) is 70.6 Å². The Morgan fingerprint density at radius 3 is 2.30 bits per heavy atom. The molecule has 9 nitrogen and oxygen atoms in total. The highest BCUT2D eigenvalue weighted by Gasteiger charge is 2.68. The van der Waals surface area contributed by atoms with Gasteiger partial charge in [0.15, 0.2) is 5.82 Å². The Morgan fingerprint density at radius 1 is 1.00 bits per heavy atom. The SMILES string of the molecule is Cc1ccc2c(c1)[C@]1(C[C@H]1c1ccc3c(N)nn(C(=O)OC(C)(C)C)c3c1)C(=O)N2C(=O)OC(C)(C)C. The van der Waals surface area contributed by atoms with Crippen molar-refractivity contribution in [1.82, 2.24) is 9.78 Å². The van der Waals surface area contributed by atoms with Crippen molar-refractivity contribution in [3.05, 3.63) is 53.1 Å². The Hall–Kier alpha value is -3.88. The van der Waals surface area contributed by atoms with Crippen molar-refractivity contribution in [2.45, 2.75) is 77.4 Å². The predicted octanol–water partition coefficient (Wildman–Crippen LogP) is 5.42. The van der Waals surface area contributed by atoms with E-state index in [1.54, 1.807) is 47.6 Å². The van der Waals surface area contributed by atoms with E-state index < -0.39 is 28.8 Å². The van der Waals surface area contributed by atoms with E-state index in [9.17, 15) is 14.4 Å². The molecule has 2 amide bonds. The number of benzene rings is 2. The van der Waals surface area contributed by atoms with Gasteiger partial charge in [0.25, 0.3) is 0 Å². The molecule has 1 aromatic heterocycles. The van der Waals surface area contributed by atoms with Crippen LogP contribution in [0.5, 0.6) is 0 Å². The molecule has 5 rings (SSSR count). The molecule has 2 heterocycles. The van der Waals surface area contributed by atoms with Crippen LogP contribution in [0.3, 0.4) is 0 Å². The number of nitrogens with two attached hydrogens (primary N) is 1. The number of amides is 2. The highest BCUT2D eigenvalue weighted by Crippen LogP contribution is 2.66. The van der Waals surface area contributed by atoms with Crippen molar-refractivity contribution >= 4 is 40.5 Å². The minimum absolute atomic E-state index is 0.194. The van der Waals surface area contributed by atoms with Crippen molar-refractivity contribution in [2.24, 2.45) is 0 Å². The molecule has 2 aliphatic rings. The molecule has 1 aliphatic carbocycles. The summed E-state index contributed by atoms with van der Waals surface area (Å²) in [4.78, 5) is 41.0. The Morgan fingerprint density at radius 2 is 1.65 bits per heavy atom. The van der Waals surface area contributed by atoms with Gasteiger partial charge in [-0.2, -0.15) is 4.68 Å². The van der Waals surface area contributed by atoms with E-state index in [-0.39, 0.29) is 17.6 Å². The lowest BCUT2D eigenvalue weighted by atomic mass is 9.91. The fourth-order valence-electron chi connectivity index (χ4n) is 5.13. The van der Waals surface area contributed by atoms with Crippen LogP contribution in [0.15, 0.2) is 36.4 Å². The molecule has 9 heteroatoms. The number of hydrogen-bond donors (Lipinski definition) is 1. The van der Waals surface area contributed by atoms with Crippen LogP contribution in [0.4, 0.5) is 21.1 Å². The number of ether oxygens (including phenoxy) is 2. The summed E-state index contributed by atoms with van der Waals surface area (Å²) in [6.45, 7) is 12.6. The number of nitrogens with zero attached hydrogens (tertiary/aromatic N) is 3. The first-order valence-electron chi connectivity index (χ1n) is 12.3. The standard InChI is InChI=1S/C28H32N4O5/c1-15-8-11-20-18(12-15)28(23(33)31(20)24(34)36-26(2,3)4)14-19(28)16-9-10-17-21(13-16)32(30-22(17)29)25(35)37-27(5,6)7/h8-13,19H,14H2,1-7H3,(H2,29,30)/t19-,28-/m0/s1. The van der Waals surface area contributed by atoms with Gasteiger partial charge in [0, 0.05) is 11.3 Å². The highest BCUT2D eigenvalue weighted by molar-refractivity contribution is 6.23. The third-order valence-corrected chi connectivity index (χ3v) is 6.70. The Bertz CT molecular complexity index is 1480. The zero-order valence-electron chi connectivity index (χ0n) is 22.2. The average molecular weight is 505 g/mol. The van der Waals surface area contributed by atoms with Gasteiger partial charge in [-0.05, 0) is 84.2 Å². The van der Waals surface area contributed by atoms with Crippen LogP contribution in [-0.4, -0.2) is 39.1 Å². The fourth-order valence-corrected chi connectivity index (χ4v) is 5.13. The quantitative estimate of drug-likeness (QED) is 0.470. The van der Waals surface area contributed by atoms with Gasteiger partial charge in [-0.25, -0.2) is 14.5 Å². The molecule has 1 aliphatic heterocycles. The lowest BCUT2D eigenvalue weighted by Crippen LogP contribution is -2.41. The van der Waals surface area contributed by atoms with Gasteiger partial charge >= 0.3 is 12.2 Å². The summed E-state index contributed by atoms with van der Waals surface area (Å²) < 4.78 is 12.2. The number of imide groups is 1. The zero-order valence-corrected chi connectivity index (χ0v) is 22.2. The van der Waals surface area contributed by atoms with E-state index in [0.717, 1.165) is 21.4 Å². The molecule has 0 unspecified atom stereocenters. The van der Waals surface area contributed by atoms with E-state index in [1.807, 2.05) is 37.3 Å². The molecule has 2 aromatic carbocycles. The van der Waals surface area contributed by atoms with Crippen LogP contribution >= 0.6 is 0 Å². The summed E-state index contributed by atoms with van der Waals surface area (Å²) in [7, 11) is 0. The lowest BCUT2D eigenvalue weighted by molar-refractivity contribution is -0.120. The van der Waals surface area contributed by atoms with E-state index in [1.165, 1.54) is 4.90 Å². The lowest BCUT2D eigenvalue weighted by Gasteiger charge is -2.24. The molecule has 2 N–H and O–H groups in total. The van der Waals surface area contributed by atoms with Crippen molar-refractivity contribution in [3.63, 3.8) is 0 Å². The summed E-state index contributed by atoms with van der Waals surface area (Å²) in [6, 6.07) is 11.2. The first-order valence-corrected chi connectivity index (χ1v) is 12.3. The van der Waals surface area contributed by atoms with Gasteiger partial charge in [0.2, 0.25) is 5.91 Å². The normalized spacial score (nSPS) is 20.9. The first kappa shape index (κ1) is 24.8. The Labute approximate surface area is 215 Å². The van der Waals surface area contributed by atoms with Gasteiger partial charge in [-0.15, -0.1) is 5.10 Å². The molecule has 1 spiro atoms. The van der Waals surface area contributed by atoms with E-state index in [0.29, 0.717) is 23.0 Å². The molecule has 37 heavy (non-hydrogen) atoms. The van der Waals surface area contributed by atoms with E-state index in [2.05, 4.69) is 5.10 Å². The largest absolute Gasteiger partial charge is 0.443 e. The van der Waals surface area contributed by atoms with Gasteiger partial charge in [0.1, 0.15) is 11.2 Å². The predicted molar refractivity (Wildman–Crippen MR) is 140 cm³/mol. The second kappa shape index (κ2) is 7.81. The number of carbonyl (C=O) groups excluding carboxylic acids is 3. The van der Waals surface area contributed by atoms with Crippen LogP contribution in [-0.2, 0) is 19.7 Å². The first-order chi connectivity index (χ1) is 17.1. The van der Waals surface area contributed by atoms with Crippen molar-refractivity contribution in [3.8, 4) is 0 Å². The topological polar surface area (TPSA) is 117 Å². The maximum Gasteiger partial charge on any atom is 0.435 e. The number of aromatic nitrogens is 2. The molecule has 0 saturated heterocycles. The summed E-state index contributed by atoms with van der Waals surface area (Å²) in [5.41, 5.74) is 7.48. The number of nitrogen functional groups attached to an aromatic ring is 1. The number of carbonyl (C=O) groups is 3. The van der Waals surface area contributed by atoms with Crippen LogP contribution in [0.2, 0.25) is 0 Å². The van der Waals surface area contributed by atoms with Gasteiger partial charge in [-0.3, -0.25) is 4.79 Å². The summed E-state index contributed by atoms with van der Waals surface area (Å²) in [5.74, 6) is -0.278. The highest BCUT2D eigenvalue weighted by atomic mass is 16.6. The molecule has 194 valence electrons. The van der Waals surface area contributed by atoms with Crippen molar-refractivity contribution < 1.29 is 23.9 Å². The number of hydrogen-bond acceptors (Lipinski definition) is 7. The van der Waals surface area contributed by atoms with Crippen LogP contribution < -0.4 is 10.6 Å².